The average molecular weight is 247 g/mol. The maximum atomic E-state index is 10.7. The van der Waals surface area contributed by atoms with Crippen LogP contribution in [0, 0.1) is 0 Å². The fourth-order valence-electron chi connectivity index (χ4n) is 2.41. The predicted molar refractivity (Wildman–Crippen MR) is 71.9 cm³/mol. The van der Waals surface area contributed by atoms with E-state index < -0.39 is 0 Å². The van der Waals surface area contributed by atoms with E-state index in [1.165, 1.54) is 11.1 Å². The lowest BCUT2D eigenvalue weighted by Gasteiger charge is -2.18. The summed E-state index contributed by atoms with van der Waals surface area (Å²) in [5.74, 6) is -0.222. The number of hydrogen-bond acceptors (Lipinski definition) is 3. The van der Waals surface area contributed by atoms with Gasteiger partial charge in [-0.15, -0.1) is 0 Å². The molecule has 0 fully saturated rings. The summed E-state index contributed by atoms with van der Waals surface area (Å²) in [6, 6.07) is 8.90. The molecule has 4 N–H and O–H groups in total. The molecule has 18 heavy (non-hydrogen) atoms. The van der Waals surface area contributed by atoms with Crippen LogP contribution in [-0.2, 0) is 11.3 Å². The van der Waals surface area contributed by atoms with Crippen molar-refractivity contribution < 1.29 is 4.79 Å². The third-order valence-electron chi connectivity index (χ3n) is 3.35. The van der Waals surface area contributed by atoms with Crippen molar-refractivity contribution in [3.8, 4) is 0 Å². The van der Waals surface area contributed by atoms with Crippen LogP contribution in [0.3, 0.4) is 0 Å². The third-order valence-corrected chi connectivity index (χ3v) is 3.35. The minimum atomic E-state index is -0.222. The van der Waals surface area contributed by atoms with E-state index in [4.69, 9.17) is 5.73 Å². The fourth-order valence-corrected chi connectivity index (χ4v) is 2.41. The van der Waals surface area contributed by atoms with E-state index in [1.54, 1.807) is 0 Å². The second-order valence-corrected chi connectivity index (χ2v) is 4.74. The van der Waals surface area contributed by atoms with Crippen molar-refractivity contribution in [2.45, 2.75) is 31.8 Å². The van der Waals surface area contributed by atoms with E-state index >= 15 is 0 Å². The molecule has 1 aliphatic heterocycles. The SMILES string of the molecule is NC(=O)CCCNC1CCNCc2ccccc21. The molecule has 0 radical (unpaired) electrons. The summed E-state index contributed by atoms with van der Waals surface area (Å²) in [4.78, 5) is 10.7. The van der Waals surface area contributed by atoms with Crippen molar-refractivity contribution in [1.82, 2.24) is 10.6 Å². The van der Waals surface area contributed by atoms with Crippen LogP contribution in [0.1, 0.15) is 36.4 Å². The molecule has 1 atom stereocenters. The van der Waals surface area contributed by atoms with E-state index in [9.17, 15) is 4.79 Å². The van der Waals surface area contributed by atoms with Gasteiger partial charge in [0.25, 0.3) is 0 Å². The van der Waals surface area contributed by atoms with Crippen molar-refractivity contribution in [2.24, 2.45) is 5.73 Å². The molecule has 0 bridgehead atoms. The van der Waals surface area contributed by atoms with Crippen molar-refractivity contribution >= 4 is 5.91 Å². The first kappa shape index (κ1) is 13.1. The first-order valence-electron chi connectivity index (χ1n) is 6.57. The van der Waals surface area contributed by atoms with Gasteiger partial charge in [-0.3, -0.25) is 4.79 Å². The number of rotatable bonds is 5. The molecule has 0 spiro atoms. The van der Waals surface area contributed by atoms with Gasteiger partial charge >= 0.3 is 0 Å². The number of amides is 1. The lowest BCUT2D eigenvalue weighted by Crippen LogP contribution is -2.25. The highest BCUT2D eigenvalue weighted by molar-refractivity contribution is 5.73. The number of primary amides is 1. The van der Waals surface area contributed by atoms with Gasteiger partial charge in [-0.05, 0) is 37.1 Å². The third kappa shape index (κ3) is 3.55. The second-order valence-electron chi connectivity index (χ2n) is 4.74. The summed E-state index contributed by atoms with van der Waals surface area (Å²) >= 11 is 0. The van der Waals surface area contributed by atoms with Gasteiger partial charge in [-0.1, -0.05) is 24.3 Å². The molecule has 1 unspecified atom stereocenters. The van der Waals surface area contributed by atoms with E-state index in [0.717, 1.165) is 32.5 Å². The molecule has 1 amide bonds. The summed E-state index contributed by atoms with van der Waals surface area (Å²) in [6.45, 7) is 2.79. The average Bonchev–Trinajstić information content (AvgIpc) is 2.57. The van der Waals surface area contributed by atoms with Crippen LogP contribution >= 0.6 is 0 Å². The van der Waals surface area contributed by atoms with Crippen LogP contribution in [0.5, 0.6) is 0 Å². The monoisotopic (exact) mass is 247 g/mol. The number of fused-ring (bicyclic) bond motifs is 1. The minimum Gasteiger partial charge on any atom is -0.370 e. The Morgan fingerprint density at radius 2 is 2.28 bits per heavy atom. The Morgan fingerprint density at radius 1 is 1.44 bits per heavy atom. The highest BCUT2D eigenvalue weighted by atomic mass is 16.1. The zero-order valence-electron chi connectivity index (χ0n) is 10.6. The Hall–Kier alpha value is -1.39. The zero-order chi connectivity index (χ0) is 12.8. The Labute approximate surface area is 108 Å². The quantitative estimate of drug-likeness (QED) is 0.682. The summed E-state index contributed by atoms with van der Waals surface area (Å²) in [7, 11) is 0. The first-order valence-corrected chi connectivity index (χ1v) is 6.57. The maximum absolute atomic E-state index is 10.7. The van der Waals surface area contributed by atoms with Gasteiger partial charge in [-0.2, -0.15) is 0 Å². The van der Waals surface area contributed by atoms with E-state index in [2.05, 4.69) is 34.9 Å². The standard InChI is InChI=1S/C14H21N3O/c15-14(18)6-3-8-17-13-7-9-16-10-11-4-1-2-5-12(11)13/h1-2,4-5,13,16-17H,3,6-10H2,(H2,15,18). The van der Waals surface area contributed by atoms with E-state index in [0.29, 0.717) is 12.5 Å². The van der Waals surface area contributed by atoms with Gasteiger partial charge in [0.15, 0.2) is 0 Å². The van der Waals surface area contributed by atoms with Gasteiger partial charge in [0.1, 0.15) is 0 Å². The number of carbonyl (C=O) groups is 1. The van der Waals surface area contributed by atoms with E-state index in [1.807, 2.05) is 0 Å². The number of hydrogen-bond donors (Lipinski definition) is 3. The minimum absolute atomic E-state index is 0.222. The molecule has 0 saturated heterocycles. The molecule has 1 heterocycles. The topological polar surface area (TPSA) is 67.2 Å². The number of nitrogens with one attached hydrogen (secondary N) is 2. The van der Waals surface area contributed by atoms with Crippen molar-refractivity contribution in [1.29, 1.82) is 0 Å². The van der Waals surface area contributed by atoms with Crippen LogP contribution in [-0.4, -0.2) is 19.0 Å². The lowest BCUT2D eigenvalue weighted by molar-refractivity contribution is -0.118. The Bertz CT molecular complexity index is 406. The maximum Gasteiger partial charge on any atom is 0.217 e. The van der Waals surface area contributed by atoms with E-state index in [-0.39, 0.29) is 5.91 Å². The van der Waals surface area contributed by atoms with Crippen molar-refractivity contribution in [3.05, 3.63) is 35.4 Å². The normalized spacial score (nSPS) is 19.0. The molecule has 1 aromatic rings. The molecule has 0 saturated carbocycles. The van der Waals surface area contributed by atoms with Gasteiger partial charge < -0.3 is 16.4 Å². The molecule has 0 aromatic heterocycles. The summed E-state index contributed by atoms with van der Waals surface area (Å²) in [5, 5.41) is 6.95. The molecule has 1 aromatic carbocycles. The fraction of sp³-hybridized carbons (Fsp3) is 0.500. The second kappa shape index (κ2) is 6.52. The van der Waals surface area contributed by atoms with Crippen molar-refractivity contribution in [3.63, 3.8) is 0 Å². The molecule has 1 aliphatic rings. The first-order chi connectivity index (χ1) is 8.77. The number of benzene rings is 1. The van der Waals surface area contributed by atoms with Crippen LogP contribution in [0.2, 0.25) is 0 Å². The highest BCUT2D eigenvalue weighted by Crippen LogP contribution is 2.23. The number of nitrogens with two attached hydrogens (primary N) is 1. The summed E-state index contributed by atoms with van der Waals surface area (Å²) in [6.07, 6.45) is 2.34. The Kier molecular flexibility index (Phi) is 4.73. The van der Waals surface area contributed by atoms with Crippen LogP contribution in [0.4, 0.5) is 0 Å². The van der Waals surface area contributed by atoms with Crippen LogP contribution in [0.15, 0.2) is 24.3 Å². The van der Waals surface area contributed by atoms with Gasteiger partial charge in [-0.25, -0.2) is 0 Å². The molecule has 0 aliphatic carbocycles. The molecule has 4 nitrogen and oxygen atoms in total. The summed E-state index contributed by atoms with van der Waals surface area (Å²) in [5.41, 5.74) is 7.88. The van der Waals surface area contributed by atoms with Crippen molar-refractivity contribution in [2.75, 3.05) is 13.1 Å². The highest BCUT2D eigenvalue weighted by Gasteiger charge is 2.16. The summed E-state index contributed by atoms with van der Waals surface area (Å²) < 4.78 is 0. The number of carbonyl (C=O) groups excluding carboxylic acids is 1. The largest absolute Gasteiger partial charge is 0.370 e. The molecular formula is C14H21N3O. The zero-order valence-corrected chi connectivity index (χ0v) is 10.6. The van der Waals surface area contributed by atoms with Gasteiger partial charge in [0.05, 0.1) is 0 Å². The molecular weight excluding hydrogens is 226 g/mol. The van der Waals surface area contributed by atoms with Crippen LogP contribution < -0.4 is 16.4 Å². The van der Waals surface area contributed by atoms with Gasteiger partial charge in [0, 0.05) is 19.0 Å². The Morgan fingerprint density at radius 3 is 3.11 bits per heavy atom. The lowest BCUT2D eigenvalue weighted by atomic mass is 9.99. The van der Waals surface area contributed by atoms with Gasteiger partial charge in [0.2, 0.25) is 5.91 Å². The Balaban J connectivity index is 1.93. The predicted octanol–water partition coefficient (Wildman–Crippen LogP) is 1.08. The molecule has 2 rings (SSSR count). The smallest absolute Gasteiger partial charge is 0.217 e. The molecule has 98 valence electrons. The van der Waals surface area contributed by atoms with Crippen LogP contribution in [0.25, 0.3) is 0 Å². The molecule has 4 heteroatoms.